The summed E-state index contributed by atoms with van der Waals surface area (Å²) in [6, 6.07) is 9.39. The summed E-state index contributed by atoms with van der Waals surface area (Å²) >= 11 is 0. The van der Waals surface area contributed by atoms with E-state index in [2.05, 4.69) is 0 Å². The minimum absolute atomic E-state index is 0.127. The fourth-order valence-electron chi connectivity index (χ4n) is 1.93. The van der Waals surface area contributed by atoms with Gasteiger partial charge in [0.05, 0.1) is 0 Å². The van der Waals surface area contributed by atoms with Crippen molar-refractivity contribution in [3.63, 3.8) is 0 Å². The van der Waals surface area contributed by atoms with Crippen LogP contribution in [0.4, 0.5) is 10.1 Å². The lowest BCUT2D eigenvalue weighted by Gasteiger charge is -2.09. The van der Waals surface area contributed by atoms with Crippen molar-refractivity contribution in [2.75, 3.05) is 5.73 Å². The van der Waals surface area contributed by atoms with E-state index in [9.17, 15) is 9.18 Å². The summed E-state index contributed by atoms with van der Waals surface area (Å²) in [7, 11) is 0. The number of rotatable bonds is 2. The third-order valence-corrected chi connectivity index (χ3v) is 3.05. The van der Waals surface area contributed by atoms with Gasteiger partial charge < -0.3 is 5.73 Å². The van der Waals surface area contributed by atoms with Gasteiger partial charge in [-0.2, -0.15) is 0 Å². The molecular weight excluding hydrogens is 229 g/mol. The lowest BCUT2D eigenvalue weighted by Crippen LogP contribution is -2.07. The van der Waals surface area contributed by atoms with Crippen LogP contribution in [-0.4, -0.2) is 5.78 Å². The van der Waals surface area contributed by atoms with E-state index in [-0.39, 0.29) is 11.6 Å². The molecule has 2 N–H and O–H groups in total. The quantitative estimate of drug-likeness (QED) is 0.650. The fourth-order valence-corrected chi connectivity index (χ4v) is 1.93. The molecule has 0 atom stereocenters. The fraction of sp³-hybridized carbons (Fsp3) is 0.133. The van der Waals surface area contributed by atoms with Gasteiger partial charge in [0.2, 0.25) is 0 Å². The molecule has 0 saturated carbocycles. The van der Waals surface area contributed by atoms with Crippen molar-refractivity contribution in [1.29, 1.82) is 0 Å². The van der Waals surface area contributed by atoms with Crippen LogP contribution >= 0.6 is 0 Å². The maximum Gasteiger partial charge on any atom is 0.193 e. The molecule has 0 aliphatic heterocycles. The molecule has 0 spiro atoms. The largest absolute Gasteiger partial charge is 0.398 e. The summed E-state index contributed by atoms with van der Waals surface area (Å²) in [5.41, 5.74) is 8.82. The monoisotopic (exact) mass is 243 g/mol. The molecule has 18 heavy (non-hydrogen) atoms. The van der Waals surface area contributed by atoms with Gasteiger partial charge in [0.15, 0.2) is 5.78 Å². The van der Waals surface area contributed by atoms with E-state index in [1.165, 1.54) is 18.2 Å². The molecular formula is C15H14FNO. The van der Waals surface area contributed by atoms with Gasteiger partial charge >= 0.3 is 0 Å². The van der Waals surface area contributed by atoms with Gasteiger partial charge in [-0.3, -0.25) is 4.79 Å². The zero-order valence-corrected chi connectivity index (χ0v) is 10.3. The highest BCUT2D eigenvalue weighted by Crippen LogP contribution is 2.21. The molecule has 0 bridgehead atoms. The van der Waals surface area contributed by atoms with Crippen LogP contribution in [0.25, 0.3) is 0 Å². The van der Waals surface area contributed by atoms with E-state index in [1.807, 2.05) is 0 Å². The molecule has 0 heterocycles. The number of halogens is 1. The Balaban J connectivity index is 2.51. The first-order valence-corrected chi connectivity index (χ1v) is 5.66. The van der Waals surface area contributed by atoms with E-state index >= 15 is 0 Å². The van der Waals surface area contributed by atoms with Crippen LogP contribution in [0.1, 0.15) is 27.0 Å². The van der Waals surface area contributed by atoms with Gasteiger partial charge in [-0.15, -0.1) is 0 Å². The molecule has 0 aliphatic rings. The summed E-state index contributed by atoms with van der Waals surface area (Å²) < 4.78 is 13.0. The topological polar surface area (TPSA) is 43.1 Å². The van der Waals surface area contributed by atoms with Crippen molar-refractivity contribution >= 4 is 11.5 Å². The summed E-state index contributed by atoms with van der Waals surface area (Å²) in [4.78, 5) is 12.4. The molecule has 2 rings (SSSR count). The van der Waals surface area contributed by atoms with Gasteiger partial charge in [-0.05, 0) is 49.2 Å². The Hall–Kier alpha value is -2.16. The first-order valence-electron chi connectivity index (χ1n) is 5.66. The van der Waals surface area contributed by atoms with Gasteiger partial charge in [-0.25, -0.2) is 4.39 Å². The van der Waals surface area contributed by atoms with Crippen LogP contribution in [0, 0.1) is 19.7 Å². The van der Waals surface area contributed by atoms with Crippen molar-refractivity contribution in [1.82, 2.24) is 0 Å². The van der Waals surface area contributed by atoms with Crippen LogP contribution in [0.2, 0.25) is 0 Å². The van der Waals surface area contributed by atoms with E-state index in [4.69, 9.17) is 5.73 Å². The third-order valence-electron chi connectivity index (χ3n) is 3.05. The Morgan fingerprint density at radius 3 is 2.50 bits per heavy atom. The van der Waals surface area contributed by atoms with Gasteiger partial charge in [0.25, 0.3) is 0 Å². The molecule has 0 aliphatic carbocycles. The molecule has 3 heteroatoms. The Morgan fingerprint density at radius 1 is 1.11 bits per heavy atom. The highest BCUT2D eigenvalue weighted by molar-refractivity contribution is 6.11. The summed E-state index contributed by atoms with van der Waals surface area (Å²) in [5, 5.41) is 0. The number of benzene rings is 2. The first kappa shape index (κ1) is 12.3. The lowest BCUT2D eigenvalue weighted by molar-refractivity contribution is 0.103. The molecule has 0 radical (unpaired) electrons. The minimum atomic E-state index is -0.339. The molecule has 2 nitrogen and oxygen atoms in total. The molecule has 2 aromatic carbocycles. The molecule has 0 saturated heterocycles. The number of nitrogen functional groups attached to an aromatic ring is 1. The second-order valence-corrected chi connectivity index (χ2v) is 4.31. The first-order chi connectivity index (χ1) is 8.50. The summed E-state index contributed by atoms with van der Waals surface area (Å²) in [6.07, 6.45) is 0. The zero-order chi connectivity index (χ0) is 13.3. The number of ketones is 1. The second kappa shape index (κ2) is 4.61. The maximum absolute atomic E-state index is 13.0. The van der Waals surface area contributed by atoms with Crippen LogP contribution in [0.3, 0.4) is 0 Å². The average Bonchev–Trinajstić information content (AvgIpc) is 2.32. The predicted molar refractivity (Wildman–Crippen MR) is 70.2 cm³/mol. The number of hydrogen-bond acceptors (Lipinski definition) is 2. The standard InChI is InChI=1S/C15H14FNO/c1-9-8-11(16)6-7-12(9)15(18)13-4-3-5-14(17)10(13)2/h3-8H,17H2,1-2H3. The van der Waals surface area contributed by atoms with Crippen molar-refractivity contribution in [2.45, 2.75) is 13.8 Å². The van der Waals surface area contributed by atoms with Crippen LogP contribution in [-0.2, 0) is 0 Å². The molecule has 0 aromatic heterocycles. The molecule has 92 valence electrons. The number of carbonyl (C=O) groups is 1. The SMILES string of the molecule is Cc1cc(F)ccc1C(=O)c1cccc(N)c1C. The highest BCUT2D eigenvalue weighted by Gasteiger charge is 2.15. The molecule has 0 fully saturated rings. The van der Waals surface area contributed by atoms with E-state index in [0.29, 0.717) is 22.4 Å². The Bertz CT molecular complexity index is 620. The van der Waals surface area contributed by atoms with Crippen molar-refractivity contribution in [3.05, 3.63) is 64.5 Å². The van der Waals surface area contributed by atoms with Crippen molar-refractivity contribution in [2.24, 2.45) is 0 Å². The van der Waals surface area contributed by atoms with Gasteiger partial charge in [-0.1, -0.05) is 12.1 Å². The van der Waals surface area contributed by atoms with E-state index in [0.717, 1.165) is 5.56 Å². The minimum Gasteiger partial charge on any atom is -0.398 e. The van der Waals surface area contributed by atoms with Crippen LogP contribution < -0.4 is 5.73 Å². The van der Waals surface area contributed by atoms with E-state index in [1.54, 1.807) is 32.0 Å². The Morgan fingerprint density at radius 2 is 1.83 bits per heavy atom. The number of nitrogens with two attached hydrogens (primary N) is 1. The molecule has 0 unspecified atom stereocenters. The van der Waals surface area contributed by atoms with E-state index < -0.39 is 0 Å². The zero-order valence-electron chi connectivity index (χ0n) is 10.3. The average molecular weight is 243 g/mol. The maximum atomic E-state index is 13.0. The normalized spacial score (nSPS) is 10.4. The number of hydrogen-bond donors (Lipinski definition) is 1. The van der Waals surface area contributed by atoms with Crippen LogP contribution in [0.5, 0.6) is 0 Å². The Kier molecular flexibility index (Phi) is 3.15. The molecule has 0 amide bonds. The number of anilines is 1. The van der Waals surface area contributed by atoms with Gasteiger partial charge in [0, 0.05) is 16.8 Å². The predicted octanol–water partition coefficient (Wildman–Crippen LogP) is 3.26. The second-order valence-electron chi connectivity index (χ2n) is 4.31. The van der Waals surface area contributed by atoms with Crippen molar-refractivity contribution in [3.8, 4) is 0 Å². The summed E-state index contributed by atoms with van der Waals surface area (Å²) in [6.45, 7) is 3.53. The lowest BCUT2D eigenvalue weighted by atomic mass is 9.95. The Labute approximate surface area is 105 Å². The smallest absolute Gasteiger partial charge is 0.193 e. The highest BCUT2D eigenvalue weighted by atomic mass is 19.1. The number of aryl methyl sites for hydroxylation is 1. The summed E-state index contributed by atoms with van der Waals surface area (Å²) in [5.74, 6) is -0.467. The molecule has 2 aromatic rings. The van der Waals surface area contributed by atoms with Gasteiger partial charge in [0.1, 0.15) is 5.82 Å². The number of carbonyl (C=O) groups excluding carboxylic acids is 1. The van der Waals surface area contributed by atoms with Crippen LogP contribution in [0.15, 0.2) is 36.4 Å². The van der Waals surface area contributed by atoms with Crippen molar-refractivity contribution < 1.29 is 9.18 Å². The third kappa shape index (κ3) is 2.12.